The van der Waals surface area contributed by atoms with Crippen LogP contribution in [0.5, 0.6) is 0 Å². The van der Waals surface area contributed by atoms with Crippen LogP contribution in [0.4, 0.5) is 5.13 Å². The van der Waals surface area contributed by atoms with Gasteiger partial charge in [0, 0.05) is 10.0 Å². The Morgan fingerprint density at radius 1 is 1.09 bits per heavy atom. The van der Waals surface area contributed by atoms with Gasteiger partial charge in [-0.1, -0.05) is 82.2 Å². The SMILES string of the molecule is CCc1ccc2nc(N3C(=O)C(=O)C(=C(O)c4ccc(C)cc4)[C@@H]3c3cccc(Br)c3)sc2c1. The molecule has 5 rings (SSSR count). The van der Waals surface area contributed by atoms with Gasteiger partial charge in [0.2, 0.25) is 0 Å². The Labute approximate surface area is 209 Å². The summed E-state index contributed by atoms with van der Waals surface area (Å²) in [5, 5.41) is 11.7. The number of aromatic nitrogens is 1. The second kappa shape index (κ2) is 8.81. The highest BCUT2D eigenvalue weighted by Crippen LogP contribution is 2.44. The van der Waals surface area contributed by atoms with Gasteiger partial charge in [-0.05, 0) is 48.7 Å². The topological polar surface area (TPSA) is 70.5 Å². The van der Waals surface area contributed by atoms with E-state index in [1.165, 1.54) is 21.8 Å². The first-order valence-electron chi connectivity index (χ1n) is 10.9. The van der Waals surface area contributed by atoms with E-state index < -0.39 is 17.7 Å². The Morgan fingerprint density at radius 2 is 1.85 bits per heavy atom. The van der Waals surface area contributed by atoms with E-state index in [4.69, 9.17) is 0 Å². The summed E-state index contributed by atoms with van der Waals surface area (Å²) < 4.78 is 1.76. The van der Waals surface area contributed by atoms with Gasteiger partial charge in [0.15, 0.2) is 5.13 Å². The number of anilines is 1. The number of Topliss-reactive ketones (excluding diaryl/α,β-unsaturated/α-hetero) is 1. The van der Waals surface area contributed by atoms with Crippen molar-refractivity contribution in [3.05, 3.63) is 99.0 Å². The Hall–Kier alpha value is -3.29. The number of hydrogen-bond acceptors (Lipinski definition) is 5. The summed E-state index contributed by atoms with van der Waals surface area (Å²) in [6.45, 7) is 4.03. The lowest BCUT2D eigenvalue weighted by molar-refractivity contribution is -0.132. The number of ketones is 1. The van der Waals surface area contributed by atoms with Crippen molar-refractivity contribution in [2.75, 3.05) is 4.90 Å². The van der Waals surface area contributed by atoms with E-state index in [-0.39, 0.29) is 11.3 Å². The molecule has 5 nitrogen and oxygen atoms in total. The fourth-order valence-corrected chi connectivity index (χ4v) is 5.64. The van der Waals surface area contributed by atoms with Crippen molar-refractivity contribution in [2.45, 2.75) is 26.3 Å². The number of halogens is 1. The van der Waals surface area contributed by atoms with Crippen LogP contribution < -0.4 is 4.90 Å². The molecule has 2 heterocycles. The molecule has 1 aliphatic heterocycles. The lowest BCUT2D eigenvalue weighted by atomic mass is 9.95. The second-order valence-corrected chi connectivity index (χ2v) is 10.2. The average Bonchev–Trinajstić information content (AvgIpc) is 3.36. The number of aliphatic hydroxyl groups is 1. The number of aliphatic hydroxyl groups excluding tert-OH is 1. The van der Waals surface area contributed by atoms with Crippen molar-refractivity contribution >= 4 is 60.1 Å². The third-order valence-corrected chi connectivity index (χ3v) is 7.50. The maximum absolute atomic E-state index is 13.4. The summed E-state index contributed by atoms with van der Waals surface area (Å²) in [6, 6.07) is 19.9. The number of aryl methyl sites for hydroxylation is 2. The van der Waals surface area contributed by atoms with Gasteiger partial charge < -0.3 is 5.11 Å². The van der Waals surface area contributed by atoms with Crippen molar-refractivity contribution in [3.8, 4) is 0 Å². The summed E-state index contributed by atoms with van der Waals surface area (Å²) in [7, 11) is 0. The molecule has 0 bridgehead atoms. The molecule has 170 valence electrons. The average molecular weight is 533 g/mol. The Bertz CT molecular complexity index is 1470. The molecule has 1 N–H and O–H groups in total. The maximum atomic E-state index is 13.4. The number of benzene rings is 3. The van der Waals surface area contributed by atoms with E-state index in [9.17, 15) is 14.7 Å². The molecule has 1 aliphatic rings. The minimum atomic E-state index is -0.801. The van der Waals surface area contributed by atoms with Crippen LogP contribution in [0.25, 0.3) is 16.0 Å². The van der Waals surface area contributed by atoms with Gasteiger partial charge in [-0.25, -0.2) is 4.98 Å². The van der Waals surface area contributed by atoms with Crippen molar-refractivity contribution < 1.29 is 14.7 Å². The minimum absolute atomic E-state index is 0.0560. The smallest absolute Gasteiger partial charge is 0.301 e. The van der Waals surface area contributed by atoms with Gasteiger partial charge in [-0.2, -0.15) is 0 Å². The highest BCUT2D eigenvalue weighted by Gasteiger charge is 2.48. The number of fused-ring (bicyclic) bond motifs is 1. The number of hydrogen-bond donors (Lipinski definition) is 1. The van der Waals surface area contributed by atoms with Crippen molar-refractivity contribution in [3.63, 3.8) is 0 Å². The summed E-state index contributed by atoms with van der Waals surface area (Å²) >= 11 is 4.86. The molecule has 1 saturated heterocycles. The molecular formula is C27H21BrN2O3S. The van der Waals surface area contributed by atoms with Gasteiger partial charge in [0.05, 0.1) is 21.8 Å². The van der Waals surface area contributed by atoms with Crippen LogP contribution in [0.15, 0.2) is 76.8 Å². The number of carbonyl (C=O) groups is 2. The van der Waals surface area contributed by atoms with Crippen LogP contribution in [0.1, 0.15) is 35.2 Å². The number of rotatable bonds is 4. The van der Waals surface area contributed by atoms with E-state index in [0.29, 0.717) is 16.3 Å². The molecule has 7 heteroatoms. The van der Waals surface area contributed by atoms with Gasteiger partial charge >= 0.3 is 5.91 Å². The lowest BCUT2D eigenvalue weighted by Gasteiger charge is -2.23. The molecule has 0 radical (unpaired) electrons. The zero-order chi connectivity index (χ0) is 24.0. The minimum Gasteiger partial charge on any atom is -0.507 e. The second-order valence-electron chi connectivity index (χ2n) is 8.24. The molecule has 3 aromatic carbocycles. The van der Waals surface area contributed by atoms with Crippen molar-refractivity contribution in [1.29, 1.82) is 0 Å². The van der Waals surface area contributed by atoms with Crippen LogP contribution in [-0.4, -0.2) is 21.8 Å². The van der Waals surface area contributed by atoms with E-state index in [1.807, 2.05) is 55.5 Å². The third-order valence-electron chi connectivity index (χ3n) is 5.99. The van der Waals surface area contributed by atoms with Gasteiger partial charge in [0.1, 0.15) is 5.76 Å². The molecule has 1 fully saturated rings. The zero-order valence-electron chi connectivity index (χ0n) is 18.6. The van der Waals surface area contributed by atoms with Crippen LogP contribution in [0.3, 0.4) is 0 Å². The normalized spacial score (nSPS) is 17.6. The first-order valence-corrected chi connectivity index (χ1v) is 12.5. The quantitative estimate of drug-likeness (QED) is 0.183. The van der Waals surface area contributed by atoms with Crippen molar-refractivity contribution in [2.24, 2.45) is 0 Å². The molecule has 1 aromatic heterocycles. The molecule has 0 saturated carbocycles. The standard InChI is InChI=1S/C27H21BrN2O3S/c1-3-16-9-12-20-21(13-16)34-27(29-20)30-23(18-5-4-6-19(28)14-18)22(25(32)26(30)33)24(31)17-10-7-15(2)8-11-17/h4-14,23,31H,3H2,1-2H3/t23-/m0/s1. The molecule has 0 spiro atoms. The number of thiazole rings is 1. The highest BCUT2D eigenvalue weighted by molar-refractivity contribution is 9.10. The first-order chi connectivity index (χ1) is 16.4. The Kier molecular flexibility index (Phi) is 5.83. The van der Waals surface area contributed by atoms with E-state index in [0.717, 1.165) is 26.7 Å². The summed E-state index contributed by atoms with van der Waals surface area (Å²) in [5.74, 6) is -1.62. The van der Waals surface area contributed by atoms with E-state index in [2.05, 4.69) is 33.9 Å². The first kappa shape index (κ1) is 22.5. The van der Waals surface area contributed by atoms with E-state index in [1.54, 1.807) is 12.1 Å². The fraction of sp³-hybridized carbons (Fsp3) is 0.148. The third kappa shape index (κ3) is 3.85. The largest absolute Gasteiger partial charge is 0.507 e. The van der Waals surface area contributed by atoms with E-state index >= 15 is 0 Å². The van der Waals surface area contributed by atoms with Crippen molar-refractivity contribution in [1.82, 2.24) is 4.98 Å². The Balaban J connectivity index is 1.72. The molecule has 1 atom stereocenters. The van der Waals surface area contributed by atoms with Crippen LogP contribution in [0.2, 0.25) is 0 Å². The number of carbonyl (C=O) groups excluding carboxylic acids is 2. The predicted octanol–water partition coefficient (Wildman–Crippen LogP) is 6.56. The highest BCUT2D eigenvalue weighted by atomic mass is 79.9. The Morgan fingerprint density at radius 3 is 2.56 bits per heavy atom. The van der Waals surface area contributed by atoms with Gasteiger partial charge in [-0.15, -0.1) is 0 Å². The summed E-state index contributed by atoms with van der Waals surface area (Å²) in [4.78, 5) is 32.8. The molecular weight excluding hydrogens is 512 g/mol. The summed E-state index contributed by atoms with van der Waals surface area (Å²) in [6.07, 6.45) is 0.891. The number of nitrogens with zero attached hydrogens (tertiary/aromatic N) is 2. The van der Waals surface area contributed by atoms with Crippen LogP contribution >= 0.6 is 27.3 Å². The van der Waals surface area contributed by atoms with Crippen LogP contribution in [0, 0.1) is 6.92 Å². The predicted molar refractivity (Wildman–Crippen MR) is 139 cm³/mol. The van der Waals surface area contributed by atoms with Gasteiger partial charge in [0.25, 0.3) is 5.78 Å². The molecule has 1 amide bonds. The molecule has 0 unspecified atom stereocenters. The fourth-order valence-electron chi connectivity index (χ4n) is 4.17. The zero-order valence-corrected chi connectivity index (χ0v) is 21.0. The summed E-state index contributed by atoms with van der Waals surface area (Å²) in [5.41, 5.74) is 4.22. The number of amides is 1. The molecule has 0 aliphatic carbocycles. The molecule has 34 heavy (non-hydrogen) atoms. The molecule has 4 aromatic rings. The maximum Gasteiger partial charge on any atom is 0.301 e. The monoisotopic (exact) mass is 532 g/mol. The van der Waals surface area contributed by atoms with Crippen LogP contribution in [-0.2, 0) is 16.0 Å². The van der Waals surface area contributed by atoms with Gasteiger partial charge in [-0.3, -0.25) is 14.5 Å². The lowest BCUT2D eigenvalue weighted by Crippen LogP contribution is -2.29.